The summed E-state index contributed by atoms with van der Waals surface area (Å²) in [6.07, 6.45) is 1.77. The van der Waals surface area contributed by atoms with Gasteiger partial charge in [0.05, 0.1) is 4.90 Å². The first-order valence-corrected chi connectivity index (χ1v) is 8.21. The number of amides is 1. The second kappa shape index (κ2) is 5.93. The van der Waals surface area contributed by atoms with E-state index in [1.807, 2.05) is 0 Å². The number of hydrogen-bond acceptors (Lipinski definition) is 3. The van der Waals surface area contributed by atoms with Crippen LogP contribution in [0.25, 0.3) is 0 Å². The largest absolute Gasteiger partial charge is 0.355 e. The molecule has 0 aromatic heterocycles. The maximum atomic E-state index is 12.6. The summed E-state index contributed by atoms with van der Waals surface area (Å²) in [5.74, 6) is 0.285. The molecule has 5 nitrogen and oxygen atoms in total. The Bertz CT molecular complexity index is 590. The van der Waals surface area contributed by atoms with E-state index in [0.29, 0.717) is 24.6 Å². The van der Waals surface area contributed by atoms with Crippen LogP contribution in [0.15, 0.2) is 29.2 Å². The number of rotatable bonds is 3. The van der Waals surface area contributed by atoms with Crippen LogP contribution in [-0.2, 0) is 10.0 Å². The molecule has 1 aliphatic heterocycles. The van der Waals surface area contributed by atoms with E-state index in [0.717, 1.165) is 12.8 Å². The van der Waals surface area contributed by atoms with Crippen molar-refractivity contribution in [2.24, 2.45) is 5.92 Å². The number of carbonyl (C=O) groups excluding carboxylic acids is 1. The van der Waals surface area contributed by atoms with E-state index >= 15 is 0 Å². The summed E-state index contributed by atoms with van der Waals surface area (Å²) in [5.41, 5.74) is 0.360. The average molecular weight is 296 g/mol. The zero-order chi connectivity index (χ0) is 14.8. The fraction of sp³-hybridized carbons (Fsp3) is 0.500. The smallest absolute Gasteiger partial charge is 0.251 e. The number of hydrogen-bond donors (Lipinski definition) is 1. The van der Waals surface area contributed by atoms with E-state index < -0.39 is 10.0 Å². The Morgan fingerprint density at radius 3 is 2.55 bits per heavy atom. The topological polar surface area (TPSA) is 66.5 Å². The van der Waals surface area contributed by atoms with Crippen LogP contribution in [0.1, 0.15) is 30.1 Å². The third kappa shape index (κ3) is 3.02. The van der Waals surface area contributed by atoms with Crippen LogP contribution in [-0.4, -0.2) is 38.8 Å². The molecule has 1 amide bonds. The number of sulfonamides is 1. The summed E-state index contributed by atoms with van der Waals surface area (Å²) < 4.78 is 26.6. The Kier molecular flexibility index (Phi) is 4.45. The molecule has 20 heavy (non-hydrogen) atoms. The summed E-state index contributed by atoms with van der Waals surface area (Å²) in [6, 6.07) is 6.19. The van der Waals surface area contributed by atoms with Crippen molar-refractivity contribution >= 4 is 15.9 Å². The fourth-order valence-corrected chi connectivity index (χ4v) is 3.83. The highest BCUT2D eigenvalue weighted by Crippen LogP contribution is 2.23. The van der Waals surface area contributed by atoms with Crippen molar-refractivity contribution in [1.82, 2.24) is 9.62 Å². The van der Waals surface area contributed by atoms with Gasteiger partial charge >= 0.3 is 0 Å². The van der Waals surface area contributed by atoms with Gasteiger partial charge in [0.2, 0.25) is 10.0 Å². The first-order chi connectivity index (χ1) is 9.45. The van der Waals surface area contributed by atoms with Gasteiger partial charge in [-0.3, -0.25) is 4.79 Å². The van der Waals surface area contributed by atoms with Gasteiger partial charge in [-0.1, -0.05) is 13.0 Å². The Morgan fingerprint density at radius 1 is 1.30 bits per heavy atom. The van der Waals surface area contributed by atoms with Gasteiger partial charge in [-0.25, -0.2) is 8.42 Å². The van der Waals surface area contributed by atoms with Gasteiger partial charge in [0.15, 0.2) is 0 Å². The Balaban J connectivity index is 2.28. The standard InChI is InChI=1S/C14H20N2O3S/c1-11-6-8-16(9-7-11)20(18,19)13-5-3-4-12(10-13)14(17)15-2/h3-5,10-11H,6-9H2,1-2H3,(H,15,17). The predicted octanol–water partition coefficient (Wildman–Crippen LogP) is 1.47. The molecule has 1 aliphatic rings. The van der Waals surface area contributed by atoms with Crippen molar-refractivity contribution in [3.8, 4) is 0 Å². The molecule has 1 fully saturated rings. The summed E-state index contributed by atoms with van der Waals surface area (Å²) >= 11 is 0. The minimum Gasteiger partial charge on any atom is -0.355 e. The summed E-state index contributed by atoms with van der Waals surface area (Å²) in [7, 11) is -1.97. The molecule has 0 bridgehead atoms. The molecular formula is C14H20N2O3S. The molecule has 0 saturated carbocycles. The molecule has 1 heterocycles. The summed E-state index contributed by atoms with van der Waals surface area (Å²) in [6.45, 7) is 3.23. The molecule has 1 aromatic carbocycles. The molecular weight excluding hydrogens is 276 g/mol. The minimum absolute atomic E-state index is 0.188. The normalized spacial score (nSPS) is 17.9. The minimum atomic E-state index is -3.50. The molecule has 0 spiro atoms. The molecule has 0 unspecified atom stereocenters. The predicted molar refractivity (Wildman–Crippen MR) is 77.0 cm³/mol. The third-order valence-electron chi connectivity index (χ3n) is 3.70. The maximum Gasteiger partial charge on any atom is 0.251 e. The molecule has 2 rings (SSSR count). The second-order valence-corrected chi connectivity index (χ2v) is 7.13. The van der Waals surface area contributed by atoms with E-state index in [1.165, 1.54) is 17.4 Å². The van der Waals surface area contributed by atoms with Crippen LogP contribution in [0.4, 0.5) is 0 Å². The van der Waals surface area contributed by atoms with Gasteiger partial charge in [-0.05, 0) is 37.0 Å². The summed E-state index contributed by atoms with van der Waals surface area (Å²) in [5, 5.41) is 2.50. The van der Waals surface area contributed by atoms with E-state index in [-0.39, 0.29) is 10.8 Å². The summed E-state index contributed by atoms with van der Waals surface area (Å²) in [4.78, 5) is 11.8. The highest BCUT2D eigenvalue weighted by Gasteiger charge is 2.28. The second-order valence-electron chi connectivity index (χ2n) is 5.19. The number of benzene rings is 1. The van der Waals surface area contributed by atoms with Crippen LogP contribution in [0.3, 0.4) is 0 Å². The van der Waals surface area contributed by atoms with Crippen LogP contribution in [0, 0.1) is 5.92 Å². The number of piperidine rings is 1. The molecule has 0 atom stereocenters. The van der Waals surface area contributed by atoms with Crippen LogP contribution < -0.4 is 5.32 Å². The quantitative estimate of drug-likeness (QED) is 0.918. The van der Waals surface area contributed by atoms with E-state index in [4.69, 9.17) is 0 Å². The monoisotopic (exact) mass is 296 g/mol. The lowest BCUT2D eigenvalue weighted by atomic mass is 10.0. The molecule has 0 aliphatic carbocycles. The highest BCUT2D eigenvalue weighted by molar-refractivity contribution is 7.89. The van der Waals surface area contributed by atoms with Crippen molar-refractivity contribution in [1.29, 1.82) is 0 Å². The number of nitrogens with zero attached hydrogens (tertiary/aromatic N) is 1. The zero-order valence-corrected chi connectivity index (χ0v) is 12.6. The van der Waals surface area contributed by atoms with Gasteiger partial charge in [0.25, 0.3) is 5.91 Å². The lowest BCUT2D eigenvalue weighted by molar-refractivity contribution is 0.0963. The lowest BCUT2D eigenvalue weighted by Gasteiger charge is -2.29. The molecule has 1 saturated heterocycles. The Morgan fingerprint density at radius 2 is 1.95 bits per heavy atom. The van der Waals surface area contributed by atoms with Gasteiger partial charge in [0.1, 0.15) is 0 Å². The number of nitrogens with one attached hydrogen (secondary N) is 1. The molecule has 1 N–H and O–H groups in total. The van der Waals surface area contributed by atoms with E-state index in [2.05, 4.69) is 12.2 Å². The molecule has 6 heteroatoms. The average Bonchev–Trinajstić information content (AvgIpc) is 2.47. The highest BCUT2D eigenvalue weighted by atomic mass is 32.2. The van der Waals surface area contributed by atoms with Gasteiger partial charge in [0, 0.05) is 25.7 Å². The van der Waals surface area contributed by atoms with Crippen molar-refractivity contribution in [3.05, 3.63) is 29.8 Å². The van der Waals surface area contributed by atoms with Crippen molar-refractivity contribution < 1.29 is 13.2 Å². The first kappa shape index (κ1) is 15.0. The van der Waals surface area contributed by atoms with Crippen LogP contribution in [0.5, 0.6) is 0 Å². The number of carbonyl (C=O) groups is 1. The molecule has 110 valence electrons. The molecule has 0 radical (unpaired) electrons. The van der Waals surface area contributed by atoms with E-state index in [1.54, 1.807) is 18.2 Å². The van der Waals surface area contributed by atoms with Crippen LogP contribution >= 0.6 is 0 Å². The zero-order valence-electron chi connectivity index (χ0n) is 11.8. The van der Waals surface area contributed by atoms with Crippen molar-refractivity contribution in [2.45, 2.75) is 24.7 Å². The molecule has 1 aromatic rings. The fourth-order valence-electron chi connectivity index (χ4n) is 2.32. The van der Waals surface area contributed by atoms with Crippen molar-refractivity contribution in [3.63, 3.8) is 0 Å². The van der Waals surface area contributed by atoms with Gasteiger partial charge in [-0.15, -0.1) is 0 Å². The third-order valence-corrected chi connectivity index (χ3v) is 5.60. The van der Waals surface area contributed by atoms with Crippen molar-refractivity contribution in [2.75, 3.05) is 20.1 Å². The first-order valence-electron chi connectivity index (χ1n) is 6.77. The van der Waals surface area contributed by atoms with Crippen LogP contribution in [0.2, 0.25) is 0 Å². The SMILES string of the molecule is CNC(=O)c1cccc(S(=O)(=O)N2CCC(C)CC2)c1. The van der Waals surface area contributed by atoms with Gasteiger partial charge < -0.3 is 5.32 Å². The lowest BCUT2D eigenvalue weighted by Crippen LogP contribution is -2.38. The van der Waals surface area contributed by atoms with Gasteiger partial charge in [-0.2, -0.15) is 4.31 Å². The maximum absolute atomic E-state index is 12.6. The Hall–Kier alpha value is -1.40. The Labute approximate surface area is 120 Å². The van der Waals surface area contributed by atoms with E-state index in [9.17, 15) is 13.2 Å².